The van der Waals surface area contributed by atoms with Crippen LogP contribution in [0.4, 0.5) is 0 Å². The minimum atomic E-state index is -0.961. The number of carbonyl (C=O) groups excluding carboxylic acids is 2. The van der Waals surface area contributed by atoms with Crippen molar-refractivity contribution in [2.24, 2.45) is 0 Å². The van der Waals surface area contributed by atoms with E-state index in [0.717, 1.165) is 16.8 Å². The molecule has 9 heteroatoms. The van der Waals surface area contributed by atoms with E-state index in [1.54, 1.807) is 60.7 Å². The number of benzene rings is 2. The number of aliphatic carboxylic acids is 1. The summed E-state index contributed by atoms with van der Waals surface area (Å²) < 4.78 is 5.71. The van der Waals surface area contributed by atoms with Crippen LogP contribution in [0.2, 0.25) is 0 Å². The molecule has 1 fully saturated rings. The van der Waals surface area contributed by atoms with E-state index in [9.17, 15) is 14.4 Å². The van der Waals surface area contributed by atoms with Crippen molar-refractivity contribution in [1.82, 2.24) is 10.4 Å². The Morgan fingerprint density at radius 3 is 2.55 bits per heavy atom. The van der Waals surface area contributed by atoms with E-state index in [0.29, 0.717) is 21.8 Å². The number of carboxylic acid groups (broad SMARTS) is 1. The fraction of sp³-hybridized carbons (Fsp3) is 0.100. The van der Waals surface area contributed by atoms with Gasteiger partial charge in [0.2, 0.25) is 0 Å². The molecule has 2 aromatic carbocycles. The van der Waals surface area contributed by atoms with Crippen molar-refractivity contribution in [3.05, 3.63) is 70.6 Å². The summed E-state index contributed by atoms with van der Waals surface area (Å²) >= 11 is 6.28. The summed E-state index contributed by atoms with van der Waals surface area (Å²) in [6, 6.07) is 15.4. The quantitative estimate of drug-likeness (QED) is 0.517. The molecule has 3 rings (SSSR count). The predicted octanol–water partition coefficient (Wildman–Crippen LogP) is 3.09. The minimum absolute atomic E-state index is 0.00821. The summed E-state index contributed by atoms with van der Waals surface area (Å²) in [5.74, 6) is -1.41. The van der Waals surface area contributed by atoms with Gasteiger partial charge in [0, 0.05) is 11.1 Å². The van der Waals surface area contributed by atoms with Crippen molar-refractivity contribution >= 4 is 52.2 Å². The Labute approximate surface area is 176 Å². The lowest BCUT2D eigenvalue weighted by molar-refractivity contribution is -0.137. The van der Waals surface area contributed by atoms with Gasteiger partial charge >= 0.3 is 5.97 Å². The zero-order valence-electron chi connectivity index (χ0n) is 15.0. The van der Waals surface area contributed by atoms with Gasteiger partial charge in [-0.05, 0) is 36.5 Å². The Bertz CT molecular complexity index is 991. The van der Waals surface area contributed by atoms with Crippen LogP contribution in [0.5, 0.6) is 5.75 Å². The molecule has 0 aromatic heterocycles. The fourth-order valence-electron chi connectivity index (χ4n) is 2.44. The Balaban J connectivity index is 1.75. The first-order valence-electron chi connectivity index (χ1n) is 8.53. The first kappa shape index (κ1) is 20.6. The first-order chi connectivity index (χ1) is 14.0. The Hall–Kier alpha value is -3.17. The lowest BCUT2D eigenvalue weighted by atomic mass is 10.2. The summed E-state index contributed by atoms with van der Waals surface area (Å²) in [7, 11) is 0. The molecule has 0 radical (unpaired) electrons. The molecule has 29 heavy (non-hydrogen) atoms. The number of thiocarbonyl (C=S) groups is 1. The standard InChI is InChI=1S/C20H16N2O5S2/c23-17(24)10-11-27-15-9-5-4-8-14(15)12-16-19(26)22(20(28)29-16)21-18(25)13-6-2-1-3-7-13/h1-9,12H,10-11H2,(H,21,25)(H,23,24)/b16-12+. The SMILES string of the molecule is O=C(O)CCOc1ccccc1/C=C1/SC(=S)N(NC(=O)c2ccccc2)C1=O. The van der Waals surface area contributed by atoms with Gasteiger partial charge in [-0.25, -0.2) is 0 Å². The van der Waals surface area contributed by atoms with Crippen molar-refractivity contribution in [2.75, 3.05) is 6.61 Å². The number of rotatable bonds is 7. The zero-order valence-corrected chi connectivity index (χ0v) is 16.7. The zero-order chi connectivity index (χ0) is 20.8. The normalized spacial score (nSPS) is 14.9. The van der Waals surface area contributed by atoms with Gasteiger partial charge in [0.05, 0.1) is 17.9 Å². The molecule has 0 atom stereocenters. The second-order valence-electron chi connectivity index (χ2n) is 5.85. The van der Waals surface area contributed by atoms with Crippen LogP contribution in [0.3, 0.4) is 0 Å². The van der Waals surface area contributed by atoms with Crippen LogP contribution in [0.15, 0.2) is 59.5 Å². The van der Waals surface area contributed by atoms with Gasteiger partial charge in [-0.2, -0.15) is 5.01 Å². The average molecular weight is 428 g/mol. The molecule has 0 aliphatic carbocycles. The van der Waals surface area contributed by atoms with Crippen molar-refractivity contribution in [3.63, 3.8) is 0 Å². The first-order valence-corrected chi connectivity index (χ1v) is 9.76. The topological polar surface area (TPSA) is 95.9 Å². The lowest BCUT2D eigenvalue weighted by Crippen LogP contribution is -2.44. The van der Waals surface area contributed by atoms with E-state index in [2.05, 4.69) is 5.43 Å². The number of ether oxygens (including phenoxy) is 1. The van der Waals surface area contributed by atoms with E-state index < -0.39 is 17.8 Å². The third kappa shape index (κ3) is 5.21. The average Bonchev–Trinajstić information content (AvgIpc) is 2.97. The second kappa shape index (κ2) is 9.35. The van der Waals surface area contributed by atoms with Gasteiger partial charge in [0.25, 0.3) is 11.8 Å². The van der Waals surface area contributed by atoms with Crippen LogP contribution in [0.25, 0.3) is 6.08 Å². The van der Waals surface area contributed by atoms with Gasteiger partial charge in [-0.15, -0.1) is 0 Å². The van der Waals surface area contributed by atoms with Crippen molar-refractivity contribution in [3.8, 4) is 5.75 Å². The molecule has 7 nitrogen and oxygen atoms in total. The van der Waals surface area contributed by atoms with Crippen LogP contribution in [-0.4, -0.2) is 38.8 Å². The van der Waals surface area contributed by atoms with Gasteiger partial charge in [0.1, 0.15) is 5.75 Å². The second-order valence-corrected chi connectivity index (χ2v) is 7.53. The summed E-state index contributed by atoms with van der Waals surface area (Å²) in [5, 5.41) is 9.78. The van der Waals surface area contributed by atoms with Gasteiger partial charge in [-0.1, -0.05) is 48.2 Å². The van der Waals surface area contributed by atoms with Crippen molar-refractivity contribution in [2.45, 2.75) is 6.42 Å². The molecule has 1 saturated heterocycles. The number of hydrogen-bond acceptors (Lipinski definition) is 6. The monoisotopic (exact) mass is 428 g/mol. The summed E-state index contributed by atoms with van der Waals surface area (Å²) in [6.07, 6.45) is 1.46. The minimum Gasteiger partial charge on any atom is -0.492 e. The van der Waals surface area contributed by atoms with Crippen LogP contribution >= 0.6 is 24.0 Å². The van der Waals surface area contributed by atoms with Crippen LogP contribution < -0.4 is 10.2 Å². The molecule has 0 spiro atoms. The number of carbonyl (C=O) groups is 3. The smallest absolute Gasteiger partial charge is 0.306 e. The third-order valence-electron chi connectivity index (χ3n) is 3.82. The molecule has 0 saturated carbocycles. The highest BCUT2D eigenvalue weighted by Crippen LogP contribution is 2.33. The van der Waals surface area contributed by atoms with E-state index >= 15 is 0 Å². The number of hydrazine groups is 1. The molecular weight excluding hydrogens is 412 g/mol. The molecular formula is C20H16N2O5S2. The fourth-order valence-corrected chi connectivity index (χ4v) is 3.61. The maximum absolute atomic E-state index is 12.7. The third-order valence-corrected chi connectivity index (χ3v) is 5.12. The molecule has 1 aliphatic heterocycles. The molecule has 2 N–H and O–H groups in total. The number of hydrogen-bond donors (Lipinski definition) is 2. The number of nitrogens with one attached hydrogen (secondary N) is 1. The Kier molecular flexibility index (Phi) is 6.63. The molecule has 0 bridgehead atoms. The lowest BCUT2D eigenvalue weighted by Gasteiger charge is -2.15. The highest BCUT2D eigenvalue weighted by atomic mass is 32.2. The summed E-state index contributed by atoms with van der Waals surface area (Å²) in [6.45, 7) is 0.00821. The number of thioether (sulfide) groups is 1. The molecule has 1 aliphatic rings. The Morgan fingerprint density at radius 1 is 1.14 bits per heavy atom. The summed E-state index contributed by atoms with van der Waals surface area (Å²) in [4.78, 5) is 36.0. The van der Waals surface area contributed by atoms with Gasteiger partial charge in [-0.3, -0.25) is 19.8 Å². The summed E-state index contributed by atoms with van der Waals surface area (Å²) in [5.41, 5.74) is 3.53. The molecule has 2 amide bonds. The van der Waals surface area contributed by atoms with E-state index in [1.165, 1.54) is 0 Å². The highest BCUT2D eigenvalue weighted by molar-refractivity contribution is 8.26. The van der Waals surface area contributed by atoms with Crippen LogP contribution in [0.1, 0.15) is 22.3 Å². The van der Waals surface area contributed by atoms with Crippen LogP contribution in [0, 0.1) is 0 Å². The molecule has 2 aromatic rings. The highest BCUT2D eigenvalue weighted by Gasteiger charge is 2.34. The number of nitrogens with zero attached hydrogens (tertiary/aromatic N) is 1. The number of carboxylic acids is 1. The maximum atomic E-state index is 12.7. The van der Waals surface area contributed by atoms with E-state index in [4.69, 9.17) is 22.1 Å². The van der Waals surface area contributed by atoms with Gasteiger partial charge in [0.15, 0.2) is 4.32 Å². The molecule has 0 unspecified atom stereocenters. The van der Waals surface area contributed by atoms with Crippen LogP contribution in [-0.2, 0) is 9.59 Å². The Morgan fingerprint density at radius 2 is 1.83 bits per heavy atom. The van der Waals surface area contributed by atoms with Crippen molar-refractivity contribution < 1.29 is 24.2 Å². The largest absolute Gasteiger partial charge is 0.492 e. The predicted molar refractivity (Wildman–Crippen MR) is 113 cm³/mol. The molecule has 1 heterocycles. The van der Waals surface area contributed by atoms with Crippen molar-refractivity contribution in [1.29, 1.82) is 0 Å². The molecule has 148 valence electrons. The number of para-hydroxylation sites is 1. The van der Waals surface area contributed by atoms with Gasteiger partial charge < -0.3 is 9.84 Å². The number of amides is 2. The van der Waals surface area contributed by atoms with E-state index in [1.807, 2.05) is 0 Å². The van der Waals surface area contributed by atoms with E-state index in [-0.39, 0.29) is 17.3 Å². The maximum Gasteiger partial charge on any atom is 0.306 e.